The minimum Gasteiger partial charge on any atom is -0.508 e. The van der Waals surface area contributed by atoms with Crippen LogP contribution in [0.1, 0.15) is 0 Å². The zero-order chi connectivity index (χ0) is 14.3. The van der Waals surface area contributed by atoms with Gasteiger partial charge in [-0.25, -0.2) is 0 Å². The second-order valence-electron chi connectivity index (χ2n) is 4.50. The highest BCUT2D eigenvalue weighted by atomic mass is 35.5. The fourth-order valence-electron chi connectivity index (χ4n) is 2.19. The molecule has 0 aliphatic rings. The molecule has 0 heterocycles. The third-order valence-corrected chi connectivity index (χ3v) is 3.91. The lowest BCUT2D eigenvalue weighted by Gasteiger charge is -2.08. The molecule has 0 unspecified atom stereocenters. The van der Waals surface area contributed by atoms with Gasteiger partial charge in [0, 0.05) is 10.9 Å². The van der Waals surface area contributed by atoms with Gasteiger partial charge < -0.3 is 10.2 Å². The Morgan fingerprint density at radius 1 is 0.800 bits per heavy atom. The van der Waals surface area contributed by atoms with Gasteiger partial charge in [-0.3, -0.25) is 0 Å². The molecular formula is C16H10Cl2O2. The van der Waals surface area contributed by atoms with Crippen LogP contribution in [0.5, 0.6) is 11.5 Å². The van der Waals surface area contributed by atoms with Crippen LogP contribution in [0, 0.1) is 0 Å². The molecule has 2 N–H and O–H groups in total. The molecule has 0 amide bonds. The van der Waals surface area contributed by atoms with Crippen molar-refractivity contribution in [1.82, 2.24) is 0 Å². The number of benzene rings is 3. The summed E-state index contributed by atoms with van der Waals surface area (Å²) in [4.78, 5) is 0. The average molecular weight is 305 g/mol. The van der Waals surface area contributed by atoms with Crippen LogP contribution in [-0.4, -0.2) is 10.2 Å². The van der Waals surface area contributed by atoms with Crippen molar-refractivity contribution in [2.24, 2.45) is 0 Å². The molecule has 0 aliphatic heterocycles. The zero-order valence-corrected chi connectivity index (χ0v) is 11.8. The molecule has 0 fully saturated rings. The highest BCUT2D eigenvalue weighted by molar-refractivity contribution is 6.37. The number of fused-ring (bicyclic) bond motifs is 1. The van der Waals surface area contributed by atoms with Crippen molar-refractivity contribution in [2.75, 3.05) is 0 Å². The number of aromatic hydroxyl groups is 2. The lowest BCUT2D eigenvalue weighted by Crippen LogP contribution is -1.82. The average Bonchev–Trinajstić information content (AvgIpc) is 2.43. The second-order valence-corrected chi connectivity index (χ2v) is 5.28. The quantitative estimate of drug-likeness (QED) is 0.646. The largest absolute Gasteiger partial charge is 0.508 e. The van der Waals surface area contributed by atoms with Gasteiger partial charge >= 0.3 is 0 Å². The molecule has 100 valence electrons. The monoisotopic (exact) mass is 304 g/mol. The molecule has 3 aromatic rings. The van der Waals surface area contributed by atoms with Gasteiger partial charge in [0.2, 0.25) is 0 Å². The van der Waals surface area contributed by atoms with E-state index in [0.717, 1.165) is 21.9 Å². The number of hydrogen-bond acceptors (Lipinski definition) is 2. The fourth-order valence-corrected chi connectivity index (χ4v) is 2.71. The minimum absolute atomic E-state index is 0.0644. The van der Waals surface area contributed by atoms with E-state index in [1.807, 2.05) is 18.2 Å². The molecule has 0 spiro atoms. The Kier molecular flexibility index (Phi) is 3.20. The predicted molar refractivity (Wildman–Crippen MR) is 82.7 cm³/mol. The molecule has 2 nitrogen and oxygen atoms in total. The van der Waals surface area contributed by atoms with E-state index in [1.54, 1.807) is 24.3 Å². The smallest absolute Gasteiger partial charge is 0.134 e. The van der Waals surface area contributed by atoms with Crippen LogP contribution in [0.25, 0.3) is 21.9 Å². The summed E-state index contributed by atoms with van der Waals surface area (Å²) in [5.41, 5.74) is 1.75. The van der Waals surface area contributed by atoms with E-state index < -0.39 is 0 Å². The van der Waals surface area contributed by atoms with E-state index in [-0.39, 0.29) is 11.5 Å². The lowest BCUT2D eigenvalue weighted by atomic mass is 10.0. The van der Waals surface area contributed by atoms with E-state index in [1.165, 1.54) is 6.07 Å². The van der Waals surface area contributed by atoms with Gasteiger partial charge in [-0.2, -0.15) is 0 Å². The molecule has 0 atom stereocenters. The predicted octanol–water partition coefficient (Wildman–Crippen LogP) is 5.22. The molecule has 4 heteroatoms. The van der Waals surface area contributed by atoms with Crippen LogP contribution in [-0.2, 0) is 0 Å². The van der Waals surface area contributed by atoms with E-state index in [9.17, 15) is 10.2 Å². The third kappa shape index (κ3) is 2.17. The van der Waals surface area contributed by atoms with Crippen molar-refractivity contribution >= 4 is 34.0 Å². The Morgan fingerprint density at radius 2 is 1.60 bits per heavy atom. The number of halogens is 2. The van der Waals surface area contributed by atoms with Crippen molar-refractivity contribution < 1.29 is 10.2 Å². The maximum atomic E-state index is 9.60. The molecule has 3 aromatic carbocycles. The molecule has 0 aromatic heterocycles. The Bertz CT molecular complexity index is 813. The highest BCUT2D eigenvalue weighted by Crippen LogP contribution is 2.36. The molecule has 0 radical (unpaired) electrons. The van der Waals surface area contributed by atoms with Crippen LogP contribution in [0.15, 0.2) is 48.5 Å². The van der Waals surface area contributed by atoms with Crippen molar-refractivity contribution in [3.8, 4) is 22.6 Å². The van der Waals surface area contributed by atoms with Crippen LogP contribution in [0.2, 0.25) is 10.0 Å². The Morgan fingerprint density at radius 3 is 2.35 bits per heavy atom. The summed E-state index contributed by atoms with van der Waals surface area (Å²) < 4.78 is 0. The number of rotatable bonds is 1. The summed E-state index contributed by atoms with van der Waals surface area (Å²) in [7, 11) is 0. The third-order valence-electron chi connectivity index (χ3n) is 3.20. The molecular weight excluding hydrogens is 295 g/mol. The Labute approximate surface area is 125 Å². The first-order valence-electron chi connectivity index (χ1n) is 5.96. The van der Waals surface area contributed by atoms with Gasteiger partial charge in [0.15, 0.2) is 0 Å². The fraction of sp³-hybridized carbons (Fsp3) is 0. The first-order chi connectivity index (χ1) is 9.56. The van der Waals surface area contributed by atoms with Gasteiger partial charge in [-0.15, -0.1) is 0 Å². The van der Waals surface area contributed by atoms with Crippen molar-refractivity contribution in [2.45, 2.75) is 0 Å². The topological polar surface area (TPSA) is 40.5 Å². The maximum absolute atomic E-state index is 9.60. The van der Waals surface area contributed by atoms with Crippen molar-refractivity contribution in [1.29, 1.82) is 0 Å². The van der Waals surface area contributed by atoms with Gasteiger partial charge in [0.05, 0.1) is 10.0 Å². The second kappa shape index (κ2) is 4.89. The SMILES string of the molecule is Oc1ccc(-c2ccc3c(Cl)c(O)ccc3c2)c(Cl)c1. The van der Waals surface area contributed by atoms with E-state index in [4.69, 9.17) is 23.2 Å². The lowest BCUT2D eigenvalue weighted by molar-refractivity contribution is 0.475. The van der Waals surface area contributed by atoms with E-state index in [0.29, 0.717) is 10.0 Å². The van der Waals surface area contributed by atoms with Crippen LogP contribution < -0.4 is 0 Å². The van der Waals surface area contributed by atoms with Gasteiger partial charge in [0.25, 0.3) is 0 Å². The number of phenolic OH excluding ortho intramolecular Hbond substituents is 2. The van der Waals surface area contributed by atoms with Crippen molar-refractivity contribution in [3.05, 3.63) is 58.6 Å². The summed E-state index contributed by atoms with van der Waals surface area (Å²) >= 11 is 12.2. The highest BCUT2D eigenvalue weighted by Gasteiger charge is 2.08. The van der Waals surface area contributed by atoms with E-state index >= 15 is 0 Å². The number of hydrogen-bond donors (Lipinski definition) is 2. The molecule has 3 rings (SSSR count). The van der Waals surface area contributed by atoms with E-state index in [2.05, 4.69) is 0 Å². The van der Waals surface area contributed by atoms with Gasteiger partial charge in [-0.05, 0) is 41.3 Å². The first-order valence-corrected chi connectivity index (χ1v) is 6.72. The first kappa shape index (κ1) is 13.1. The Balaban J connectivity index is 2.21. The zero-order valence-electron chi connectivity index (χ0n) is 10.3. The van der Waals surface area contributed by atoms with Crippen LogP contribution in [0.4, 0.5) is 0 Å². The summed E-state index contributed by atoms with van der Waals surface area (Å²) in [5.74, 6) is 0.196. The van der Waals surface area contributed by atoms with Crippen LogP contribution >= 0.6 is 23.2 Å². The number of phenols is 2. The molecule has 0 bridgehead atoms. The standard InChI is InChI=1S/C16H10Cl2O2/c17-14-8-11(19)3-5-12(14)9-1-4-13-10(7-9)2-6-15(20)16(13)18/h1-8,19-20H. The summed E-state index contributed by atoms with van der Waals surface area (Å²) in [6.45, 7) is 0. The molecule has 0 saturated carbocycles. The molecule has 20 heavy (non-hydrogen) atoms. The normalized spacial score (nSPS) is 10.9. The van der Waals surface area contributed by atoms with Crippen LogP contribution in [0.3, 0.4) is 0 Å². The van der Waals surface area contributed by atoms with Gasteiger partial charge in [0.1, 0.15) is 11.5 Å². The summed E-state index contributed by atoms with van der Waals surface area (Å²) in [5, 5.41) is 21.5. The van der Waals surface area contributed by atoms with Crippen molar-refractivity contribution in [3.63, 3.8) is 0 Å². The molecule has 0 saturated heterocycles. The minimum atomic E-state index is 0.0644. The maximum Gasteiger partial charge on any atom is 0.134 e. The summed E-state index contributed by atoms with van der Waals surface area (Å²) in [6, 6.07) is 13.9. The molecule has 0 aliphatic carbocycles. The Hall–Kier alpha value is -1.90. The van der Waals surface area contributed by atoms with Gasteiger partial charge in [-0.1, -0.05) is 41.4 Å². The summed E-state index contributed by atoms with van der Waals surface area (Å²) in [6.07, 6.45) is 0.